The molecule has 0 radical (unpaired) electrons. The van der Waals surface area contributed by atoms with Gasteiger partial charge in [-0.15, -0.1) is 0 Å². The first-order valence-electron chi connectivity index (χ1n) is 6.20. The van der Waals surface area contributed by atoms with Crippen molar-refractivity contribution in [2.45, 2.75) is 32.7 Å². The molecule has 0 saturated heterocycles. The van der Waals surface area contributed by atoms with Crippen LogP contribution in [0.5, 0.6) is 0 Å². The van der Waals surface area contributed by atoms with Gasteiger partial charge >= 0.3 is 5.97 Å². The van der Waals surface area contributed by atoms with Gasteiger partial charge in [0.05, 0.1) is 6.42 Å². The van der Waals surface area contributed by atoms with Crippen LogP contribution in [0, 0.1) is 5.92 Å². The van der Waals surface area contributed by atoms with E-state index < -0.39 is 12.0 Å². The predicted molar refractivity (Wildman–Crippen MR) is 74.2 cm³/mol. The highest BCUT2D eigenvalue weighted by Crippen LogP contribution is 2.11. The molecule has 0 spiro atoms. The summed E-state index contributed by atoms with van der Waals surface area (Å²) in [6, 6.07) is 6.06. The summed E-state index contributed by atoms with van der Waals surface area (Å²) in [4.78, 5) is 22.9. The number of hydrogen-bond acceptors (Lipinski definition) is 2. The molecule has 0 aliphatic heterocycles. The molecule has 0 heterocycles. The first-order valence-corrected chi connectivity index (χ1v) is 6.58. The van der Waals surface area contributed by atoms with E-state index in [-0.39, 0.29) is 18.2 Å². The molecule has 1 aromatic rings. The van der Waals surface area contributed by atoms with Crippen LogP contribution < -0.4 is 5.32 Å². The van der Waals surface area contributed by atoms with E-state index in [1.165, 1.54) is 0 Å². The lowest BCUT2D eigenvalue weighted by atomic mass is 9.99. The molecule has 0 aromatic heterocycles. The number of carboxylic acids is 1. The minimum atomic E-state index is -1.00. The van der Waals surface area contributed by atoms with E-state index in [0.29, 0.717) is 11.4 Å². The fourth-order valence-electron chi connectivity index (χ4n) is 1.70. The van der Waals surface area contributed by atoms with Gasteiger partial charge in [0.1, 0.15) is 6.04 Å². The predicted octanol–water partition coefficient (Wildman–Crippen LogP) is 2.50. The van der Waals surface area contributed by atoms with E-state index in [2.05, 4.69) is 5.32 Å². The third kappa shape index (κ3) is 4.91. The van der Waals surface area contributed by atoms with Crippen LogP contribution >= 0.6 is 11.6 Å². The summed E-state index contributed by atoms with van der Waals surface area (Å²) in [7, 11) is 0. The standard InChI is InChI=1S/C14H18ClNO3/c1-3-9(2)13(14(18)19)16-12(17)8-10-4-6-11(15)7-5-10/h4-7,9,13H,3,8H2,1-2H3,(H,16,17)(H,18,19). The molecule has 0 saturated carbocycles. The Balaban J connectivity index is 2.62. The molecule has 0 aliphatic carbocycles. The average molecular weight is 284 g/mol. The van der Waals surface area contributed by atoms with Gasteiger partial charge in [0, 0.05) is 5.02 Å². The molecule has 5 heteroatoms. The van der Waals surface area contributed by atoms with Crippen molar-refractivity contribution in [3.8, 4) is 0 Å². The summed E-state index contributed by atoms with van der Waals surface area (Å²) in [6.45, 7) is 3.70. The van der Waals surface area contributed by atoms with Crippen LogP contribution in [0.15, 0.2) is 24.3 Å². The Kier molecular flexibility index (Phi) is 5.83. The van der Waals surface area contributed by atoms with Crippen molar-refractivity contribution in [3.63, 3.8) is 0 Å². The molecule has 0 aliphatic rings. The first kappa shape index (κ1) is 15.5. The van der Waals surface area contributed by atoms with Crippen molar-refractivity contribution in [3.05, 3.63) is 34.9 Å². The minimum absolute atomic E-state index is 0.105. The summed E-state index contributed by atoms with van der Waals surface area (Å²) >= 11 is 5.76. The molecular formula is C14H18ClNO3. The van der Waals surface area contributed by atoms with Gasteiger partial charge in [0.15, 0.2) is 0 Å². The lowest BCUT2D eigenvalue weighted by Gasteiger charge is -2.20. The van der Waals surface area contributed by atoms with E-state index in [4.69, 9.17) is 16.7 Å². The van der Waals surface area contributed by atoms with Crippen molar-refractivity contribution in [1.82, 2.24) is 5.32 Å². The fourth-order valence-corrected chi connectivity index (χ4v) is 1.82. The Morgan fingerprint density at radius 2 is 1.89 bits per heavy atom. The van der Waals surface area contributed by atoms with Gasteiger partial charge in [-0.25, -0.2) is 4.79 Å². The average Bonchev–Trinajstić information content (AvgIpc) is 2.37. The van der Waals surface area contributed by atoms with Gasteiger partial charge in [0.25, 0.3) is 0 Å². The molecule has 2 atom stereocenters. The number of amides is 1. The maximum absolute atomic E-state index is 11.8. The zero-order chi connectivity index (χ0) is 14.4. The first-order chi connectivity index (χ1) is 8.93. The number of halogens is 1. The molecule has 1 amide bonds. The monoisotopic (exact) mass is 283 g/mol. The lowest BCUT2D eigenvalue weighted by molar-refractivity contribution is -0.143. The van der Waals surface area contributed by atoms with Crippen LogP contribution in [0.1, 0.15) is 25.8 Å². The van der Waals surface area contributed by atoms with Crippen LogP contribution in [0.25, 0.3) is 0 Å². The van der Waals surface area contributed by atoms with E-state index in [9.17, 15) is 9.59 Å². The second kappa shape index (κ2) is 7.14. The number of nitrogens with one attached hydrogen (secondary N) is 1. The van der Waals surface area contributed by atoms with E-state index in [0.717, 1.165) is 5.56 Å². The van der Waals surface area contributed by atoms with Crippen molar-refractivity contribution < 1.29 is 14.7 Å². The lowest BCUT2D eigenvalue weighted by Crippen LogP contribution is -2.45. The summed E-state index contributed by atoms with van der Waals surface area (Å²) < 4.78 is 0. The van der Waals surface area contributed by atoms with Crippen LogP contribution in [-0.2, 0) is 16.0 Å². The quantitative estimate of drug-likeness (QED) is 0.843. The van der Waals surface area contributed by atoms with Crippen LogP contribution in [0.3, 0.4) is 0 Å². The number of carbonyl (C=O) groups excluding carboxylic acids is 1. The maximum Gasteiger partial charge on any atom is 0.326 e. The van der Waals surface area contributed by atoms with E-state index in [1.807, 2.05) is 6.92 Å². The third-order valence-corrected chi connectivity index (χ3v) is 3.33. The van der Waals surface area contributed by atoms with Crippen molar-refractivity contribution in [2.75, 3.05) is 0 Å². The molecule has 2 N–H and O–H groups in total. The number of carbonyl (C=O) groups is 2. The van der Waals surface area contributed by atoms with Gasteiger partial charge in [-0.1, -0.05) is 44.0 Å². The minimum Gasteiger partial charge on any atom is -0.480 e. The zero-order valence-electron chi connectivity index (χ0n) is 11.0. The van der Waals surface area contributed by atoms with Gasteiger partial charge in [-0.3, -0.25) is 4.79 Å². The molecule has 19 heavy (non-hydrogen) atoms. The Labute approximate surface area is 117 Å². The summed E-state index contributed by atoms with van der Waals surface area (Å²) in [5.74, 6) is -1.40. The Bertz CT molecular complexity index is 445. The molecule has 0 bridgehead atoms. The topological polar surface area (TPSA) is 66.4 Å². The smallest absolute Gasteiger partial charge is 0.326 e. The SMILES string of the molecule is CCC(C)C(NC(=O)Cc1ccc(Cl)cc1)C(=O)O. The summed E-state index contributed by atoms with van der Waals surface area (Å²) in [5.41, 5.74) is 0.801. The zero-order valence-corrected chi connectivity index (χ0v) is 11.8. The Morgan fingerprint density at radius 3 is 2.37 bits per heavy atom. The van der Waals surface area contributed by atoms with E-state index in [1.54, 1.807) is 31.2 Å². The molecule has 2 unspecified atom stereocenters. The Hall–Kier alpha value is -1.55. The fraction of sp³-hybridized carbons (Fsp3) is 0.429. The summed E-state index contributed by atoms with van der Waals surface area (Å²) in [5, 5.41) is 12.3. The number of aliphatic carboxylic acids is 1. The normalized spacial score (nSPS) is 13.6. The van der Waals surface area contributed by atoms with Crippen LogP contribution in [-0.4, -0.2) is 23.0 Å². The second-order valence-corrected chi connectivity index (χ2v) is 5.01. The number of benzene rings is 1. The van der Waals surface area contributed by atoms with Crippen molar-refractivity contribution in [1.29, 1.82) is 0 Å². The molecule has 104 valence electrons. The number of carboxylic acid groups (broad SMARTS) is 1. The molecule has 0 fully saturated rings. The largest absolute Gasteiger partial charge is 0.480 e. The highest BCUT2D eigenvalue weighted by atomic mass is 35.5. The maximum atomic E-state index is 11.8. The van der Waals surface area contributed by atoms with E-state index >= 15 is 0 Å². The molecule has 1 rings (SSSR count). The number of rotatable bonds is 6. The summed E-state index contributed by atoms with van der Waals surface area (Å²) in [6.07, 6.45) is 0.843. The number of hydrogen-bond donors (Lipinski definition) is 2. The van der Waals surface area contributed by atoms with Crippen molar-refractivity contribution in [2.24, 2.45) is 5.92 Å². The molecule has 4 nitrogen and oxygen atoms in total. The highest BCUT2D eigenvalue weighted by molar-refractivity contribution is 6.30. The third-order valence-electron chi connectivity index (χ3n) is 3.07. The van der Waals surface area contributed by atoms with Crippen molar-refractivity contribution >= 4 is 23.5 Å². The van der Waals surface area contributed by atoms with Crippen LogP contribution in [0.4, 0.5) is 0 Å². The van der Waals surface area contributed by atoms with Gasteiger partial charge in [-0.05, 0) is 23.6 Å². The highest BCUT2D eigenvalue weighted by Gasteiger charge is 2.25. The van der Waals surface area contributed by atoms with Crippen LogP contribution in [0.2, 0.25) is 5.02 Å². The van der Waals surface area contributed by atoms with Gasteiger partial charge in [-0.2, -0.15) is 0 Å². The molecular weight excluding hydrogens is 266 g/mol. The Morgan fingerprint density at radius 1 is 1.32 bits per heavy atom. The van der Waals surface area contributed by atoms with Gasteiger partial charge < -0.3 is 10.4 Å². The van der Waals surface area contributed by atoms with Gasteiger partial charge in [0.2, 0.25) is 5.91 Å². The molecule has 1 aromatic carbocycles. The second-order valence-electron chi connectivity index (χ2n) is 4.57.